The van der Waals surface area contributed by atoms with Gasteiger partial charge in [0.2, 0.25) is 15.2 Å². The lowest BCUT2D eigenvalue weighted by Gasteiger charge is -2.33. The van der Waals surface area contributed by atoms with Crippen LogP contribution in [0.5, 0.6) is 0 Å². The van der Waals surface area contributed by atoms with Crippen molar-refractivity contribution in [2.24, 2.45) is 5.41 Å². The third kappa shape index (κ3) is 7.05. The van der Waals surface area contributed by atoms with Gasteiger partial charge in [0.15, 0.2) is 0 Å². The summed E-state index contributed by atoms with van der Waals surface area (Å²) in [6.45, 7) is 1.85. The standard InChI is InChI=1S/C10H15ClF6O3S/c1-3-8(4-2,6-21(11,18)19)5-20-7(9(12,13)14)10(15,16)17/h7H,3-6H2,1-2H3. The highest BCUT2D eigenvalue weighted by atomic mass is 35.7. The van der Waals surface area contributed by atoms with Crippen molar-refractivity contribution in [3.63, 3.8) is 0 Å². The highest BCUT2D eigenvalue weighted by Gasteiger charge is 2.58. The van der Waals surface area contributed by atoms with Crippen molar-refractivity contribution >= 4 is 19.7 Å². The summed E-state index contributed by atoms with van der Waals surface area (Å²) in [5.41, 5.74) is -1.41. The van der Waals surface area contributed by atoms with Crippen LogP contribution in [0.25, 0.3) is 0 Å². The van der Waals surface area contributed by atoms with E-state index in [1.807, 2.05) is 0 Å². The van der Waals surface area contributed by atoms with Crippen molar-refractivity contribution in [3.05, 3.63) is 0 Å². The third-order valence-electron chi connectivity index (χ3n) is 3.13. The Bertz CT molecular complexity index is 413. The van der Waals surface area contributed by atoms with E-state index >= 15 is 0 Å². The van der Waals surface area contributed by atoms with Gasteiger partial charge in [-0.3, -0.25) is 0 Å². The van der Waals surface area contributed by atoms with Crippen molar-refractivity contribution < 1.29 is 39.5 Å². The molecule has 0 aromatic rings. The third-order valence-corrected chi connectivity index (χ3v) is 4.41. The number of alkyl halides is 6. The van der Waals surface area contributed by atoms with Crippen molar-refractivity contribution in [1.82, 2.24) is 0 Å². The van der Waals surface area contributed by atoms with E-state index in [0.717, 1.165) is 0 Å². The number of hydrogen-bond donors (Lipinski definition) is 0. The molecule has 0 aliphatic heterocycles. The Labute approximate surface area is 123 Å². The van der Waals surface area contributed by atoms with Crippen LogP contribution in [0.15, 0.2) is 0 Å². The zero-order valence-corrected chi connectivity index (χ0v) is 12.8. The van der Waals surface area contributed by atoms with Crippen molar-refractivity contribution in [2.75, 3.05) is 12.4 Å². The zero-order chi connectivity index (χ0) is 17.1. The predicted octanol–water partition coefficient (Wildman–Crippen LogP) is 3.87. The molecule has 0 radical (unpaired) electrons. The molecular weight excluding hydrogens is 350 g/mol. The number of hydrogen-bond acceptors (Lipinski definition) is 3. The molecular formula is C10H15ClF6O3S. The minimum atomic E-state index is -5.63. The topological polar surface area (TPSA) is 43.4 Å². The van der Waals surface area contributed by atoms with Gasteiger partial charge < -0.3 is 4.74 Å². The van der Waals surface area contributed by atoms with Gasteiger partial charge in [-0.05, 0) is 12.8 Å². The van der Waals surface area contributed by atoms with Crippen molar-refractivity contribution in [1.29, 1.82) is 0 Å². The second-order valence-electron chi connectivity index (χ2n) is 4.66. The van der Waals surface area contributed by atoms with Crippen LogP contribution in [0, 0.1) is 5.41 Å². The first-order valence-electron chi connectivity index (χ1n) is 5.84. The smallest absolute Gasteiger partial charge is 0.360 e. The predicted molar refractivity (Wildman–Crippen MR) is 64.5 cm³/mol. The summed E-state index contributed by atoms with van der Waals surface area (Å²) in [5.74, 6) is -0.767. The molecule has 128 valence electrons. The van der Waals surface area contributed by atoms with Gasteiger partial charge in [-0.1, -0.05) is 13.8 Å². The Morgan fingerprint density at radius 1 is 1.00 bits per heavy atom. The van der Waals surface area contributed by atoms with Gasteiger partial charge in [0, 0.05) is 16.1 Å². The van der Waals surface area contributed by atoms with Crippen LogP contribution in [-0.2, 0) is 13.8 Å². The minimum Gasteiger partial charge on any atom is -0.360 e. The quantitative estimate of drug-likeness (QED) is 0.509. The van der Waals surface area contributed by atoms with Gasteiger partial charge in [-0.15, -0.1) is 0 Å². The lowest BCUT2D eigenvalue weighted by Crippen LogP contribution is -2.47. The first-order valence-corrected chi connectivity index (χ1v) is 8.32. The molecule has 0 aliphatic rings. The van der Waals surface area contributed by atoms with Crippen LogP contribution in [0.2, 0.25) is 0 Å². The van der Waals surface area contributed by atoms with Gasteiger partial charge in [0.25, 0.3) is 0 Å². The first kappa shape index (κ1) is 20.8. The Kier molecular flexibility index (Phi) is 6.83. The summed E-state index contributed by atoms with van der Waals surface area (Å²) >= 11 is 0. The van der Waals surface area contributed by atoms with Crippen molar-refractivity contribution in [3.8, 4) is 0 Å². The second kappa shape index (κ2) is 6.91. The summed E-state index contributed by atoms with van der Waals surface area (Å²) in [7, 11) is 0.947. The van der Waals surface area contributed by atoms with Crippen LogP contribution in [0.4, 0.5) is 26.3 Å². The lowest BCUT2D eigenvalue weighted by molar-refractivity contribution is -0.325. The molecule has 0 aromatic carbocycles. The van der Waals surface area contributed by atoms with E-state index in [4.69, 9.17) is 10.7 Å². The highest BCUT2D eigenvalue weighted by molar-refractivity contribution is 8.13. The largest absolute Gasteiger partial charge is 0.423 e. The SMILES string of the molecule is CCC(CC)(COC(C(F)(F)F)C(F)(F)F)CS(=O)(=O)Cl. The lowest BCUT2D eigenvalue weighted by atomic mass is 9.85. The van der Waals surface area contributed by atoms with E-state index in [-0.39, 0.29) is 12.8 Å². The molecule has 0 bridgehead atoms. The number of rotatable bonds is 7. The van der Waals surface area contributed by atoms with Gasteiger partial charge >= 0.3 is 12.4 Å². The molecule has 0 unspecified atom stereocenters. The average molecular weight is 365 g/mol. The van der Waals surface area contributed by atoms with Crippen LogP contribution in [0.1, 0.15) is 26.7 Å². The Balaban J connectivity index is 5.20. The van der Waals surface area contributed by atoms with Gasteiger partial charge in [-0.2, -0.15) is 26.3 Å². The summed E-state index contributed by atoms with van der Waals surface area (Å²) < 4.78 is 100. The average Bonchev–Trinajstić information content (AvgIpc) is 2.22. The van der Waals surface area contributed by atoms with Gasteiger partial charge in [-0.25, -0.2) is 8.42 Å². The fourth-order valence-electron chi connectivity index (χ4n) is 1.70. The minimum absolute atomic E-state index is 0.00210. The number of halogens is 7. The summed E-state index contributed by atoms with van der Waals surface area (Å²) in [6, 6.07) is 0. The maximum atomic E-state index is 12.3. The molecule has 0 N–H and O–H groups in total. The molecule has 0 heterocycles. The van der Waals surface area contributed by atoms with E-state index in [1.54, 1.807) is 0 Å². The highest BCUT2D eigenvalue weighted by Crippen LogP contribution is 2.38. The molecule has 11 heteroatoms. The molecule has 0 saturated heterocycles. The van der Waals surface area contributed by atoms with Crippen LogP contribution in [0.3, 0.4) is 0 Å². The maximum absolute atomic E-state index is 12.3. The van der Waals surface area contributed by atoms with Crippen LogP contribution >= 0.6 is 10.7 Å². The zero-order valence-electron chi connectivity index (χ0n) is 11.2. The fourth-order valence-corrected chi connectivity index (χ4v) is 3.62. The van der Waals surface area contributed by atoms with E-state index in [2.05, 4.69) is 4.74 Å². The Morgan fingerprint density at radius 3 is 1.62 bits per heavy atom. The van der Waals surface area contributed by atoms with Crippen LogP contribution < -0.4 is 0 Å². The van der Waals surface area contributed by atoms with Crippen LogP contribution in [-0.4, -0.2) is 39.2 Å². The van der Waals surface area contributed by atoms with Crippen molar-refractivity contribution in [2.45, 2.75) is 45.1 Å². The monoisotopic (exact) mass is 364 g/mol. The molecule has 21 heavy (non-hydrogen) atoms. The summed E-state index contributed by atoms with van der Waals surface area (Å²) in [5, 5.41) is 0. The van der Waals surface area contributed by atoms with E-state index < -0.39 is 45.3 Å². The molecule has 0 saturated carbocycles. The Morgan fingerprint density at radius 2 is 1.38 bits per heavy atom. The second-order valence-corrected chi connectivity index (χ2v) is 7.44. The molecule has 0 aromatic heterocycles. The van der Waals surface area contributed by atoms with Gasteiger partial charge in [0.05, 0.1) is 12.4 Å². The molecule has 0 atom stereocenters. The molecule has 0 spiro atoms. The van der Waals surface area contributed by atoms with Gasteiger partial charge in [0.1, 0.15) is 0 Å². The Hall–Kier alpha value is -0.220. The fraction of sp³-hybridized carbons (Fsp3) is 1.00. The summed E-state index contributed by atoms with van der Waals surface area (Å²) in [4.78, 5) is 0. The normalized spacial score (nSPS) is 14.8. The molecule has 0 aliphatic carbocycles. The maximum Gasteiger partial charge on any atom is 0.423 e. The summed E-state index contributed by atoms with van der Waals surface area (Å²) in [6.07, 6.45) is -15.2. The molecule has 0 amide bonds. The first-order chi connectivity index (χ1) is 9.17. The van der Waals surface area contributed by atoms with E-state index in [9.17, 15) is 34.8 Å². The molecule has 3 nitrogen and oxygen atoms in total. The molecule has 0 rings (SSSR count). The molecule has 0 fully saturated rings. The van der Waals surface area contributed by atoms with E-state index in [0.29, 0.717) is 0 Å². The number of ether oxygens (including phenoxy) is 1. The van der Waals surface area contributed by atoms with E-state index in [1.165, 1.54) is 13.8 Å².